The van der Waals surface area contributed by atoms with Gasteiger partial charge in [0.05, 0.1) is 5.69 Å². The molecule has 1 aromatic carbocycles. The van der Waals surface area contributed by atoms with Crippen LogP contribution in [-0.2, 0) is 11.8 Å². The number of carbonyl (C=O) groups excluding carboxylic acids is 1. The molecule has 0 spiro atoms. The Bertz CT molecular complexity index is 1150. The van der Waals surface area contributed by atoms with Crippen molar-refractivity contribution in [2.24, 2.45) is 7.05 Å². The SMILES string of the molecule is Cn1cc(-c2ncccc2C(=O)c2ccc(Cl)cc2)c(C=CC(=O)O)cc1=O. The van der Waals surface area contributed by atoms with Gasteiger partial charge in [-0.2, -0.15) is 0 Å². The molecule has 1 N–H and O–H groups in total. The highest BCUT2D eigenvalue weighted by atomic mass is 35.5. The summed E-state index contributed by atoms with van der Waals surface area (Å²) in [7, 11) is 1.57. The predicted octanol–water partition coefficient (Wildman–Crippen LogP) is 3.43. The zero-order valence-corrected chi connectivity index (χ0v) is 15.6. The largest absolute Gasteiger partial charge is 0.478 e. The second kappa shape index (κ2) is 8.02. The van der Waals surface area contributed by atoms with Crippen molar-refractivity contribution >= 4 is 29.4 Å². The third kappa shape index (κ3) is 4.07. The van der Waals surface area contributed by atoms with Crippen LogP contribution in [0.15, 0.2) is 65.7 Å². The van der Waals surface area contributed by atoms with Crippen molar-refractivity contribution in [3.8, 4) is 11.3 Å². The molecule has 0 atom stereocenters. The molecule has 0 aliphatic rings. The van der Waals surface area contributed by atoms with Gasteiger partial charge in [0.1, 0.15) is 0 Å². The summed E-state index contributed by atoms with van der Waals surface area (Å²) < 4.78 is 1.35. The zero-order valence-electron chi connectivity index (χ0n) is 14.8. The smallest absolute Gasteiger partial charge is 0.328 e. The molecular formula is C21H15ClN2O4. The summed E-state index contributed by atoms with van der Waals surface area (Å²) in [6, 6.07) is 11.1. The number of hydrogen-bond donors (Lipinski definition) is 1. The highest BCUT2D eigenvalue weighted by molar-refractivity contribution is 6.30. The minimum absolute atomic E-state index is 0.262. The summed E-state index contributed by atoms with van der Waals surface area (Å²) in [5.41, 5.74) is 1.63. The summed E-state index contributed by atoms with van der Waals surface area (Å²) in [5.74, 6) is -1.41. The Morgan fingerprint density at radius 2 is 1.89 bits per heavy atom. The molecule has 2 aromatic heterocycles. The lowest BCUT2D eigenvalue weighted by molar-refractivity contribution is -0.131. The van der Waals surface area contributed by atoms with Crippen LogP contribution >= 0.6 is 11.6 Å². The van der Waals surface area contributed by atoms with Gasteiger partial charge < -0.3 is 9.67 Å². The fourth-order valence-electron chi connectivity index (χ4n) is 2.70. The van der Waals surface area contributed by atoms with Gasteiger partial charge in [-0.25, -0.2) is 4.79 Å². The molecule has 3 rings (SSSR count). The Hall–Kier alpha value is -3.51. The van der Waals surface area contributed by atoms with E-state index in [0.717, 1.165) is 6.08 Å². The van der Waals surface area contributed by atoms with Crippen LogP contribution in [-0.4, -0.2) is 26.4 Å². The van der Waals surface area contributed by atoms with Crippen molar-refractivity contribution in [3.05, 3.63) is 93.0 Å². The van der Waals surface area contributed by atoms with Gasteiger partial charge in [0.15, 0.2) is 5.78 Å². The number of hydrogen-bond acceptors (Lipinski definition) is 4. The van der Waals surface area contributed by atoms with E-state index in [1.807, 2.05) is 0 Å². The quantitative estimate of drug-likeness (QED) is 0.529. The Balaban J connectivity index is 2.19. The van der Waals surface area contributed by atoms with Gasteiger partial charge in [0.2, 0.25) is 0 Å². The van der Waals surface area contributed by atoms with Crippen molar-refractivity contribution in [3.63, 3.8) is 0 Å². The second-order valence-corrected chi connectivity index (χ2v) is 6.44. The number of aromatic nitrogens is 2. The lowest BCUT2D eigenvalue weighted by Gasteiger charge is -2.12. The first-order valence-corrected chi connectivity index (χ1v) is 8.62. The molecule has 28 heavy (non-hydrogen) atoms. The summed E-state index contributed by atoms with van der Waals surface area (Å²) in [5, 5.41) is 9.44. The van der Waals surface area contributed by atoms with Gasteiger partial charge in [-0.1, -0.05) is 11.6 Å². The first-order valence-electron chi connectivity index (χ1n) is 8.24. The Kier molecular flexibility index (Phi) is 5.52. The fourth-order valence-corrected chi connectivity index (χ4v) is 2.83. The van der Waals surface area contributed by atoms with E-state index in [1.54, 1.807) is 43.4 Å². The van der Waals surface area contributed by atoms with Crippen molar-refractivity contribution < 1.29 is 14.7 Å². The molecule has 0 aliphatic carbocycles. The van der Waals surface area contributed by atoms with Crippen molar-refractivity contribution in [1.82, 2.24) is 9.55 Å². The summed E-state index contributed by atoms with van der Waals surface area (Å²) in [4.78, 5) is 40.3. The Morgan fingerprint density at radius 3 is 2.57 bits per heavy atom. The van der Waals surface area contributed by atoms with E-state index in [-0.39, 0.29) is 11.3 Å². The van der Waals surface area contributed by atoms with Gasteiger partial charge in [-0.05, 0) is 48.0 Å². The fraction of sp³-hybridized carbons (Fsp3) is 0.0476. The number of pyridine rings is 2. The number of halogens is 1. The van der Waals surface area contributed by atoms with Crippen LogP contribution in [0.25, 0.3) is 17.3 Å². The Labute approximate surface area is 165 Å². The molecule has 7 heteroatoms. The minimum Gasteiger partial charge on any atom is -0.478 e. The Morgan fingerprint density at radius 1 is 1.18 bits per heavy atom. The molecule has 2 heterocycles. The van der Waals surface area contributed by atoms with Crippen molar-refractivity contribution in [2.75, 3.05) is 0 Å². The number of carboxylic acid groups (broad SMARTS) is 1. The van der Waals surface area contributed by atoms with Crippen LogP contribution in [0.4, 0.5) is 0 Å². The van der Waals surface area contributed by atoms with Crippen LogP contribution in [0.2, 0.25) is 5.02 Å². The average molecular weight is 395 g/mol. The topological polar surface area (TPSA) is 89.3 Å². The van der Waals surface area contributed by atoms with E-state index in [0.29, 0.717) is 33.0 Å². The van der Waals surface area contributed by atoms with Crippen LogP contribution in [0.3, 0.4) is 0 Å². The first kappa shape index (κ1) is 19.3. The number of carboxylic acids is 1. The van der Waals surface area contributed by atoms with E-state index in [4.69, 9.17) is 16.7 Å². The third-order valence-electron chi connectivity index (χ3n) is 4.08. The maximum absolute atomic E-state index is 13.0. The number of rotatable bonds is 5. The molecule has 0 bridgehead atoms. The second-order valence-electron chi connectivity index (χ2n) is 6.00. The molecular weight excluding hydrogens is 380 g/mol. The zero-order chi connectivity index (χ0) is 20.3. The van der Waals surface area contributed by atoms with Crippen molar-refractivity contribution in [2.45, 2.75) is 0 Å². The number of aryl methyl sites for hydroxylation is 1. The molecule has 0 aliphatic heterocycles. The lowest BCUT2D eigenvalue weighted by atomic mass is 9.96. The maximum Gasteiger partial charge on any atom is 0.328 e. The van der Waals surface area contributed by atoms with Crippen LogP contribution in [0.1, 0.15) is 21.5 Å². The molecule has 0 saturated heterocycles. The van der Waals surface area contributed by atoms with Crippen LogP contribution in [0, 0.1) is 0 Å². The van der Waals surface area contributed by atoms with Gasteiger partial charge in [-0.15, -0.1) is 0 Å². The maximum atomic E-state index is 13.0. The molecule has 0 saturated carbocycles. The molecule has 0 radical (unpaired) electrons. The summed E-state index contributed by atoms with van der Waals surface area (Å²) >= 11 is 5.89. The van der Waals surface area contributed by atoms with Gasteiger partial charge >= 0.3 is 5.97 Å². The highest BCUT2D eigenvalue weighted by Crippen LogP contribution is 2.27. The monoisotopic (exact) mass is 394 g/mol. The number of carbonyl (C=O) groups is 2. The normalized spacial score (nSPS) is 10.9. The molecule has 0 unspecified atom stereocenters. The molecule has 0 fully saturated rings. The van der Waals surface area contributed by atoms with Crippen LogP contribution < -0.4 is 5.56 Å². The summed E-state index contributed by atoms with van der Waals surface area (Å²) in [6.07, 6.45) is 5.31. The molecule has 3 aromatic rings. The number of benzene rings is 1. The van der Waals surface area contributed by atoms with Gasteiger partial charge in [0.25, 0.3) is 5.56 Å². The number of ketones is 1. The van der Waals surface area contributed by atoms with Gasteiger partial charge in [0, 0.05) is 53.3 Å². The van der Waals surface area contributed by atoms with Crippen LogP contribution in [0.5, 0.6) is 0 Å². The first-order chi connectivity index (χ1) is 13.4. The molecule has 140 valence electrons. The van der Waals surface area contributed by atoms with E-state index >= 15 is 0 Å². The van der Waals surface area contributed by atoms with E-state index in [1.165, 1.54) is 29.1 Å². The number of nitrogens with zero attached hydrogens (tertiary/aromatic N) is 2. The summed E-state index contributed by atoms with van der Waals surface area (Å²) in [6.45, 7) is 0. The molecule has 0 amide bonds. The van der Waals surface area contributed by atoms with Gasteiger partial charge in [-0.3, -0.25) is 14.6 Å². The standard InChI is InChI=1S/C21H15ClN2O4/c1-24-12-17(14(11-18(24)25)6-9-19(26)27)20-16(3-2-10-23-20)21(28)13-4-7-15(22)8-5-13/h2-12H,1H3,(H,26,27). The van der Waals surface area contributed by atoms with E-state index < -0.39 is 5.97 Å². The highest BCUT2D eigenvalue weighted by Gasteiger charge is 2.18. The lowest BCUT2D eigenvalue weighted by Crippen LogP contribution is -2.16. The van der Waals surface area contributed by atoms with E-state index in [2.05, 4.69) is 4.98 Å². The minimum atomic E-state index is -1.15. The van der Waals surface area contributed by atoms with E-state index in [9.17, 15) is 14.4 Å². The third-order valence-corrected chi connectivity index (χ3v) is 4.33. The predicted molar refractivity (Wildman–Crippen MR) is 106 cm³/mol. The molecule has 6 nitrogen and oxygen atoms in total. The number of aliphatic carboxylic acids is 1. The van der Waals surface area contributed by atoms with Crippen molar-refractivity contribution in [1.29, 1.82) is 0 Å². The average Bonchev–Trinajstić information content (AvgIpc) is 2.68.